The standard InChI is InChI=1S/C11H14N.C10H16OSi.C2H7Si.2ClH.Ti/c1-12(2)11-7-9-5-3-4-6-10(9)8-11;1-8-5-9(11)7-10(6-8)12(2,3)4;1-3-2;;;/h3-7,11H,8H2,1-2H3;5-7,11H,1-4H3;3H,1-2H3;2*1H;/q;;;;;+1/p-1. The van der Waals surface area contributed by atoms with E-state index in [1.54, 1.807) is 11.1 Å². The van der Waals surface area contributed by atoms with E-state index in [0.717, 1.165) is 5.75 Å². The van der Waals surface area contributed by atoms with Gasteiger partial charge in [0.2, 0.25) is 0 Å². The van der Waals surface area contributed by atoms with Crippen LogP contribution < -0.4 is 8.51 Å². The Morgan fingerprint density at radius 2 is 1.67 bits per heavy atom. The average Bonchev–Trinajstić information content (AvgIpc) is 2.98. The average molecular weight is 520 g/mol. The number of likely N-dealkylation sites (N-methyl/N-ethyl adjacent to an activating group) is 1. The third-order valence-electron chi connectivity index (χ3n) is 5.90. The van der Waals surface area contributed by atoms with Crippen molar-refractivity contribution in [2.45, 2.75) is 56.3 Å². The summed E-state index contributed by atoms with van der Waals surface area (Å²) in [4.78, 5) is 2.45. The van der Waals surface area contributed by atoms with Gasteiger partial charge >= 0.3 is 181 Å². The summed E-state index contributed by atoms with van der Waals surface area (Å²) in [5.41, 5.74) is 4.46. The van der Waals surface area contributed by atoms with Crippen molar-refractivity contribution in [2.24, 2.45) is 0 Å². The van der Waals surface area contributed by atoms with Crippen LogP contribution in [0.1, 0.15) is 20.9 Å². The zero-order valence-corrected chi connectivity index (χ0v) is 25.0. The van der Waals surface area contributed by atoms with E-state index in [9.17, 15) is 0 Å². The summed E-state index contributed by atoms with van der Waals surface area (Å²) in [5, 5.41) is 1.52. The van der Waals surface area contributed by atoms with Crippen LogP contribution in [0, 0.1) is 6.92 Å². The predicted molar refractivity (Wildman–Crippen MR) is 139 cm³/mol. The van der Waals surface area contributed by atoms with Gasteiger partial charge in [0, 0.05) is 0 Å². The number of nitrogens with zero attached hydrogens (tertiary/aromatic N) is 1. The summed E-state index contributed by atoms with van der Waals surface area (Å²) >= 11 is -1.76. The Bertz CT molecular complexity index is 842. The van der Waals surface area contributed by atoms with Crippen LogP contribution in [0.15, 0.2) is 42.5 Å². The second-order valence-corrected chi connectivity index (χ2v) is 27.5. The molecular formula is C23H38Cl2NOSi2Ti. The fraction of sp³-hybridized carbons (Fsp3) is 0.478. The van der Waals surface area contributed by atoms with Gasteiger partial charge in [-0.3, -0.25) is 0 Å². The molecule has 0 amide bonds. The number of rotatable bonds is 6. The Labute approximate surface area is 204 Å². The fourth-order valence-electron chi connectivity index (χ4n) is 4.31. The van der Waals surface area contributed by atoms with Gasteiger partial charge in [-0.25, -0.2) is 0 Å². The molecule has 2 aromatic rings. The minimum Gasteiger partial charge on any atom is -0.147 e. The SMILES string of the molecule is Cc1cc([O][Ti]([CH]2c3ccccc3CC2N(C)C)[SiH](C)C)cc([Si](C)(C)C)c1.Cl.Cl. The smallest absolute Gasteiger partial charge is 0.147 e. The zero-order valence-electron chi connectivity index (χ0n) is 19.7. The molecule has 0 N–H and O–H groups in total. The van der Waals surface area contributed by atoms with Gasteiger partial charge in [0.15, 0.2) is 0 Å². The van der Waals surface area contributed by atoms with E-state index in [4.69, 9.17) is 3.32 Å². The quantitative estimate of drug-likeness (QED) is 0.467. The molecule has 0 aromatic heterocycles. The normalized spacial score (nSPS) is 17.9. The molecule has 0 heterocycles. The monoisotopic (exact) mass is 518 g/mol. The summed E-state index contributed by atoms with van der Waals surface area (Å²) in [6.07, 6.45) is 1.17. The molecule has 3 rings (SSSR count). The maximum Gasteiger partial charge on any atom is -0.147 e. The molecule has 0 saturated carbocycles. The fourth-order valence-corrected chi connectivity index (χ4v) is 16.2. The Balaban J connectivity index is 0.00000225. The largest absolute Gasteiger partial charge is 0.147 e. The summed E-state index contributed by atoms with van der Waals surface area (Å²) in [5.74, 6) is 1.15. The van der Waals surface area contributed by atoms with E-state index in [1.165, 1.54) is 17.2 Å². The molecule has 7 heteroatoms. The number of benzene rings is 2. The maximum atomic E-state index is 7.04. The first-order valence-electron chi connectivity index (χ1n) is 10.5. The molecule has 2 unspecified atom stereocenters. The first kappa shape index (κ1) is 28.0. The van der Waals surface area contributed by atoms with Crippen LogP contribution in [0.2, 0.25) is 32.7 Å². The van der Waals surface area contributed by atoms with Crippen LogP contribution in [0.25, 0.3) is 0 Å². The van der Waals surface area contributed by atoms with Gasteiger partial charge in [-0.05, 0) is 0 Å². The Morgan fingerprint density at radius 3 is 2.23 bits per heavy atom. The van der Waals surface area contributed by atoms with Crippen molar-refractivity contribution in [2.75, 3.05) is 14.1 Å². The van der Waals surface area contributed by atoms with Crippen LogP contribution in [0.4, 0.5) is 0 Å². The molecule has 0 bridgehead atoms. The third kappa shape index (κ3) is 6.25. The van der Waals surface area contributed by atoms with Crippen LogP contribution in [0.3, 0.4) is 0 Å². The maximum absolute atomic E-state index is 7.04. The van der Waals surface area contributed by atoms with Crippen LogP contribution in [0.5, 0.6) is 5.75 Å². The zero-order chi connectivity index (χ0) is 20.6. The van der Waals surface area contributed by atoms with Crippen LogP contribution >= 0.6 is 24.8 Å². The van der Waals surface area contributed by atoms with Gasteiger partial charge in [-0.2, -0.15) is 0 Å². The van der Waals surface area contributed by atoms with Crippen molar-refractivity contribution in [3.05, 3.63) is 59.2 Å². The molecule has 2 aromatic carbocycles. The third-order valence-corrected chi connectivity index (χ3v) is 19.1. The minimum atomic E-state index is -1.76. The predicted octanol–water partition coefficient (Wildman–Crippen LogP) is 5.51. The van der Waals surface area contributed by atoms with Crippen molar-refractivity contribution in [1.29, 1.82) is 0 Å². The molecule has 0 aliphatic heterocycles. The summed E-state index contributed by atoms with van der Waals surface area (Å²) in [7, 11) is 3.14. The topological polar surface area (TPSA) is 12.5 Å². The summed E-state index contributed by atoms with van der Waals surface area (Å²) in [6, 6.07) is 16.7. The molecule has 1 aliphatic carbocycles. The Kier molecular flexibility index (Phi) is 10.4. The van der Waals surface area contributed by atoms with Gasteiger partial charge in [0.05, 0.1) is 0 Å². The van der Waals surface area contributed by atoms with Crippen molar-refractivity contribution in [3.8, 4) is 5.75 Å². The molecule has 167 valence electrons. The summed E-state index contributed by atoms with van der Waals surface area (Å²) < 4.78 is 7.66. The first-order valence-corrected chi connectivity index (χ1v) is 21.1. The van der Waals surface area contributed by atoms with Crippen molar-refractivity contribution in [1.82, 2.24) is 4.90 Å². The molecule has 0 saturated heterocycles. The van der Waals surface area contributed by atoms with Crippen molar-refractivity contribution >= 4 is 44.7 Å². The second kappa shape index (κ2) is 11.2. The molecule has 1 aliphatic rings. The molecule has 2 atom stereocenters. The van der Waals surface area contributed by atoms with Gasteiger partial charge in [0.25, 0.3) is 0 Å². The molecule has 0 fully saturated rings. The molecule has 30 heavy (non-hydrogen) atoms. The van der Waals surface area contributed by atoms with Gasteiger partial charge in [-0.15, -0.1) is 24.8 Å². The first-order chi connectivity index (χ1) is 13.1. The van der Waals surface area contributed by atoms with E-state index in [0.29, 0.717) is 10.3 Å². The molecular weight excluding hydrogens is 481 g/mol. The number of halogens is 2. The number of fused-ring (bicyclic) bond motifs is 1. The van der Waals surface area contributed by atoms with E-state index in [-0.39, 0.29) is 24.8 Å². The number of hydrogen-bond acceptors (Lipinski definition) is 2. The molecule has 2 nitrogen and oxygen atoms in total. The Hall–Kier alpha value is -0.0719. The van der Waals surface area contributed by atoms with E-state index >= 15 is 0 Å². The second-order valence-electron chi connectivity index (χ2n) is 9.86. The van der Waals surface area contributed by atoms with Crippen LogP contribution in [-0.4, -0.2) is 39.8 Å². The van der Waals surface area contributed by atoms with E-state index in [1.807, 2.05) is 0 Å². The Morgan fingerprint density at radius 1 is 1.03 bits per heavy atom. The van der Waals surface area contributed by atoms with E-state index < -0.39 is 32.3 Å². The molecule has 0 spiro atoms. The number of aryl methyl sites for hydroxylation is 1. The minimum absolute atomic E-state index is 0. The van der Waals surface area contributed by atoms with Crippen molar-refractivity contribution < 1.29 is 20.8 Å². The number of hydrogen-bond donors (Lipinski definition) is 0. The van der Waals surface area contributed by atoms with Gasteiger partial charge < -0.3 is 0 Å². The summed E-state index contributed by atoms with van der Waals surface area (Å²) in [6.45, 7) is 13.6. The van der Waals surface area contributed by atoms with Crippen LogP contribution in [-0.2, 0) is 23.9 Å². The molecule has 0 radical (unpaired) electrons. The van der Waals surface area contributed by atoms with Crippen molar-refractivity contribution in [3.63, 3.8) is 0 Å². The van der Waals surface area contributed by atoms with Gasteiger partial charge in [0.1, 0.15) is 0 Å². The van der Waals surface area contributed by atoms with Gasteiger partial charge in [-0.1, -0.05) is 0 Å². The van der Waals surface area contributed by atoms with E-state index in [2.05, 4.69) is 101 Å².